The molecule has 3 atom stereocenters. The molecule has 3 heteroatoms. The zero-order valence-electron chi connectivity index (χ0n) is 13.3. The van der Waals surface area contributed by atoms with E-state index in [4.69, 9.17) is 4.74 Å². The highest BCUT2D eigenvalue weighted by Crippen LogP contribution is 2.36. The fourth-order valence-electron chi connectivity index (χ4n) is 4.36. The first-order chi connectivity index (χ1) is 9.76. The third-order valence-electron chi connectivity index (χ3n) is 5.86. The summed E-state index contributed by atoms with van der Waals surface area (Å²) in [5.41, 5.74) is 0. The van der Waals surface area contributed by atoms with Gasteiger partial charge in [-0.25, -0.2) is 0 Å². The maximum atomic E-state index is 5.31. The number of ether oxygens (including phenoxy) is 1. The van der Waals surface area contributed by atoms with E-state index < -0.39 is 0 Å². The van der Waals surface area contributed by atoms with Crippen molar-refractivity contribution in [2.75, 3.05) is 26.8 Å². The van der Waals surface area contributed by atoms with Crippen LogP contribution in [0.15, 0.2) is 0 Å². The molecule has 3 rings (SSSR count). The molecular formula is C17H32N2O. The second-order valence-corrected chi connectivity index (χ2v) is 7.37. The van der Waals surface area contributed by atoms with E-state index in [9.17, 15) is 0 Å². The van der Waals surface area contributed by atoms with Gasteiger partial charge in [0.15, 0.2) is 0 Å². The van der Waals surface area contributed by atoms with E-state index in [2.05, 4.69) is 17.1 Å². The summed E-state index contributed by atoms with van der Waals surface area (Å²) < 4.78 is 5.31. The maximum absolute atomic E-state index is 5.31. The van der Waals surface area contributed by atoms with Crippen molar-refractivity contribution < 1.29 is 4.74 Å². The van der Waals surface area contributed by atoms with E-state index in [0.717, 1.165) is 43.1 Å². The Labute approximate surface area is 124 Å². The van der Waals surface area contributed by atoms with E-state index >= 15 is 0 Å². The summed E-state index contributed by atoms with van der Waals surface area (Å²) >= 11 is 0. The van der Waals surface area contributed by atoms with Gasteiger partial charge in [-0.3, -0.25) is 4.90 Å². The van der Waals surface area contributed by atoms with Crippen LogP contribution in [0.4, 0.5) is 0 Å². The van der Waals surface area contributed by atoms with Gasteiger partial charge >= 0.3 is 0 Å². The first-order valence-electron chi connectivity index (χ1n) is 8.75. The zero-order chi connectivity index (χ0) is 13.9. The standard InChI is InChI=1S/C17H32N2O/c1-13(15-3-4-15)19(9-10-20-2)8-7-14-11-16-5-6-17(12-14)18-16/h13-18H,3-12H2,1-2H3. The number of nitrogens with zero attached hydrogens (tertiary/aromatic N) is 1. The second-order valence-electron chi connectivity index (χ2n) is 7.37. The minimum Gasteiger partial charge on any atom is -0.383 e. The van der Waals surface area contributed by atoms with Crippen LogP contribution in [-0.2, 0) is 4.74 Å². The molecule has 3 aliphatic rings. The average Bonchev–Trinajstić information content (AvgIpc) is 3.24. The quantitative estimate of drug-likeness (QED) is 0.740. The Kier molecular flexibility index (Phi) is 5.00. The predicted molar refractivity (Wildman–Crippen MR) is 82.9 cm³/mol. The average molecular weight is 280 g/mol. The molecule has 0 aromatic heterocycles. The lowest BCUT2D eigenvalue weighted by atomic mass is 9.89. The van der Waals surface area contributed by atoms with Gasteiger partial charge in [0.05, 0.1) is 6.61 Å². The van der Waals surface area contributed by atoms with Crippen molar-refractivity contribution in [2.24, 2.45) is 11.8 Å². The summed E-state index contributed by atoms with van der Waals surface area (Å²) in [6.07, 6.45) is 9.98. The first-order valence-corrected chi connectivity index (χ1v) is 8.75. The Bertz CT molecular complexity index is 293. The number of rotatable bonds is 8. The highest BCUT2D eigenvalue weighted by molar-refractivity contribution is 4.92. The van der Waals surface area contributed by atoms with Crippen LogP contribution in [-0.4, -0.2) is 49.8 Å². The van der Waals surface area contributed by atoms with Crippen molar-refractivity contribution in [3.63, 3.8) is 0 Å². The predicted octanol–water partition coefficient (Wildman–Crippen LogP) is 2.65. The first kappa shape index (κ1) is 14.8. The van der Waals surface area contributed by atoms with Crippen molar-refractivity contribution in [1.82, 2.24) is 10.2 Å². The molecule has 0 aromatic rings. The summed E-state index contributed by atoms with van der Waals surface area (Å²) in [6.45, 7) is 5.71. The second kappa shape index (κ2) is 6.76. The molecule has 0 aromatic carbocycles. The number of fused-ring (bicyclic) bond motifs is 2. The largest absolute Gasteiger partial charge is 0.383 e. The SMILES string of the molecule is COCCN(CCC1CC2CCC(C1)N2)C(C)C1CC1. The summed E-state index contributed by atoms with van der Waals surface area (Å²) in [5.74, 6) is 1.93. The number of hydrogen-bond donors (Lipinski definition) is 1. The minimum absolute atomic E-state index is 0.767. The van der Waals surface area contributed by atoms with E-state index in [1.807, 2.05) is 7.11 Å². The van der Waals surface area contributed by atoms with Crippen molar-refractivity contribution in [2.45, 2.75) is 70.0 Å². The van der Waals surface area contributed by atoms with E-state index in [1.54, 1.807) is 0 Å². The van der Waals surface area contributed by atoms with Crippen molar-refractivity contribution in [3.8, 4) is 0 Å². The van der Waals surface area contributed by atoms with Gasteiger partial charge in [0.1, 0.15) is 0 Å². The molecule has 3 unspecified atom stereocenters. The van der Waals surface area contributed by atoms with Gasteiger partial charge in [0, 0.05) is 31.8 Å². The summed E-state index contributed by atoms with van der Waals surface area (Å²) in [6, 6.07) is 2.45. The van der Waals surface area contributed by atoms with Crippen molar-refractivity contribution >= 4 is 0 Å². The monoisotopic (exact) mass is 280 g/mol. The van der Waals surface area contributed by atoms with Crippen LogP contribution in [0.5, 0.6) is 0 Å². The topological polar surface area (TPSA) is 24.5 Å². The van der Waals surface area contributed by atoms with Gasteiger partial charge in [-0.05, 0) is 70.3 Å². The smallest absolute Gasteiger partial charge is 0.0589 e. The molecule has 116 valence electrons. The third-order valence-corrected chi connectivity index (χ3v) is 5.86. The molecule has 2 bridgehead atoms. The lowest BCUT2D eigenvalue weighted by molar-refractivity contribution is 0.108. The third kappa shape index (κ3) is 3.75. The van der Waals surface area contributed by atoms with Gasteiger partial charge in [-0.2, -0.15) is 0 Å². The van der Waals surface area contributed by atoms with Crippen LogP contribution in [0, 0.1) is 11.8 Å². The number of nitrogens with one attached hydrogen (secondary N) is 1. The summed E-state index contributed by atoms with van der Waals surface area (Å²) in [5, 5.41) is 3.76. The molecule has 0 amide bonds. The van der Waals surface area contributed by atoms with Crippen LogP contribution in [0.25, 0.3) is 0 Å². The highest BCUT2D eigenvalue weighted by atomic mass is 16.5. The van der Waals surface area contributed by atoms with Gasteiger partial charge in [-0.15, -0.1) is 0 Å². The molecule has 3 fully saturated rings. The van der Waals surface area contributed by atoms with Gasteiger partial charge in [0.2, 0.25) is 0 Å². The zero-order valence-corrected chi connectivity index (χ0v) is 13.3. The van der Waals surface area contributed by atoms with E-state index in [1.165, 1.54) is 51.5 Å². The van der Waals surface area contributed by atoms with Gasteiger partial charge in [-0.1, -0.05) is 0 Å². The molecular weight excluding hydrogens is 248 g/mol. The van der Waals surface area contributed by atoms with Crippen LogP contribution in [0.3, 0.4) is 0 Å². The Morgan fingerprint density at radius 2 is 1.80 bits per heavy atom. The van der Waals surface area contributed by atoms with Crippen LogP contribution in [0.1, 0.15) is 51.9 Å². The lowest BCUT2D eigenvalue weighted by Gasteiger charge is -2.33. The summed E-state index contributed by atoms with van der Waals surface area (Å²) in [4.78, 5) is 2.70. The number of hydrogen-bond acceptors (Lipinski definition) is 3. The van der Waals surface area contributed by atoms with Gasteiger partial charge in [0.25, 0.3) is 0 Å². The van der Waals surface area contributed by atoms with Crippen molar-refractivity contribution in [3.05, 3.63) is 0 Å². The Morgan fingerprint density at radius 1 is 1.10 bits per heavy atom. The normalized spacial score (nSPS) is 34.6. The molecule has 0 spiro atoms. The molecule has 1 N–H and O–H groups in total. The Morgan fingerprint density at radius 3 is 2.40 bits per heavy atom. The van der Waals surface area contributed by atoms with E-state index in [-0.39, 0.29) is 0 Å². The molecule has 2 heterocycles. The van der Waals surface area contributed by atoms with Crippen LogP contribution < -0.4 is 5.32 Å². The Hall–Kier alpha value is -0.120. The fourth-order valence-corrected chi connectivity index (χ4v) is 4.36. The Balaban J connectivity index is 1.45. The summed E-state index contributed by atoms with van der Waals surface area (Å²) in [7, 11) is 1.82. The number of piperidine rings is 1. The lowest BCUT2D eigenvalue weighted by Crippen LogP contribution is -2.41. The molecule has 3 nitrogen and oxygen atoms in total. The van der Waals surface area contributed by atoms with Crippen LogP contribution in [0.2, 0.25) is 0 Å². The molecule has 0 radical (unpaired) electrons. The van der Waals surface area contributed by atoms with Crippen molar-refractivity contribution in [1.29, 1.82) is 0 Å². The number of methoxy groups -OCH3 is 1. The van der Waals surface area contributed by atoms with Crippen LogP contribution >= 0.6 is 0 Å². The maximum Gasteiger partial charge on any atom is 0.0589 e. The molecule has 1 saturated carbocycles. The molecule has 1 aliphatic carbocycles. The minimum atomic E-state index is 0.767. The fraction of sp³-hybridized carbons (Fsp3) is 1.00. The molecule has 2 saturated heterocycles. The van der Waals surface area contributed by atoms with E-state index in [0.29, 0.717) is 0 Å². The highest BCUT2D eigenvalue weighted by Gasteiger charge is 2.35. The molecule has 20 heavy (non-hydrogen) atoms. The van der Waals surface area contributed by atoms with Gasteiger partial charge < -0.3 is 10.1 Å². The molecule has 2 aliphatic heterocycles.